The van der Waals surface area contributed by atoms with Crippen LogP contribution in [0.25, 0.3) is 5.65 Å². The van der Waals surface area contributed by atoms with E-state index in [-0.39, 0.29) is 11.7 Å². The summed E-state index contributed by atoms with van der Waals surface area (Å²) in [5.41, 5.74) is 4.07. The Labute approximate surface area is 203 Å². The van der Waals surface area contributed by atoms with E-state index in [0.29, 0.717) is 23.4 Å². The molecular weight excluding hydrogens is 440 g/mol. The summed E-state index contributed by atoms with van der Waals surface area (Å²) in [5.74, 6) is 6.12. The van der Waals surface area contributed by atoms with Crippen molar-refractivity contribution in [3.63, 3.8) is 0 Å². The van der Waals surface area contributed by atoms with Crippen LogP contribution >= 0.6 is 0 Å². The molecule has 1 aliphatic heterocycles. The van der Waals surface area contributed by atoms with Gasteiger partial charge in [-0.05, 0) is 37.2 Å². The van der Waals surface area contributed by atoms with Crippen molar-refractivity contribution in [1.82, 2.24) is 24.2 Å². The molecule has 1 fully saturated rings. The number of hydrogen-bond acceptors (Lipinski definition) is 6. The molecule has 1 aliphatic rings. The van der Waals surface area contributed by atoms with E-state index in [9.17, 15) is 9.90 Å². The first-order chi connectivity index (χ1) is 17.0. The molecule has 1 amide bonds. The van der Waals surface area contributed by atoms with Crippen molar-refractivity contribution in [3.05, 3.63) is 89.6 Å². The van der Waals surface area contributed by atoms with Gasteiger partial charge < -0.3 is 15.3 Å². The van der Waals surface area contributed by atoms with Crippen LogP contribution in [0.3, 0.4) is 0 Å². The van der Waals surface area contributed by atoms with E-state index in [1.54, 1.807) is 42.9 Å². The third-order valence-corrected chi connectivity index (χ3v) is 6.11. The zero-order valence-corrected chi connectivity index (χ0v) is 19.5. The number of imidazole rings is 1. The lowest BCUT2D eigenvalue weighted by Gasteiger charge is -2.32. The number of likely N-dealkylation sites (N-methyl/N-ethyl adjacent to an activating group) is 1. The van der Waals surface area contributed by atoms with Gasteiger partial charge in [0.15, 0.2) is 5.65 Å². The first-order valence-electron chi connectivity index (χ1n) is 11.5. The number of anilines is 1. The van der Waals surface area contributed by atoms with Crippen molar-refractivity contribution in [3.8, 4) is 17.6 Å². The molecule has 1 saturated heterocycles. The van der Waals surface area contributed by atoms with Crippen LogP contribution in [-0.2, 0) is 6.54 Å². The molecule has 0 unspecified atom stereocenters. The van der Waals surface area contributed by atoms with Crippen LogP contribution in [0.2, 0.25) is 0 Å². The van der Waals surface area contributed by atoms with Crippen LogP contribution in [0.1, 0.15) is 27.2 Å². The maximum Gasteiger partial charge on any atom is 0.255 e. The first-order valence-corrected chi connectivity index (χ1v) is 11.5. The summed E-state index contributed by atoms with van der Waals surface area (Å²) >= 11 is 0. The first kappa shape index (κ1) is 22.6. The summed E-state index contributed by atoms with van der Waals surface area (Å²) in [7, 11) is 2.12. The van der Waals surface area contributed by atoms with E-state index < -0.39 is 0 Å². The maximum absolute atomic E-state index is 12.8. The van der Waals surface area contributed by atoms with Gasteiger partial charge in [0.1, 0.15) is 11.4 Å². The number of rotatable bonds is 4. The molecule has 2 aromatic carbocycles. The van der Waals surface area contributed by atoms with Crippen LogP contribution in [0.4, 0.5) is 5.69 Å². The fourth-order valence-electron chi connectivity index (χ4n) is 4.03. The molecule has 0 spiro atoms. The summed E-state index contributed by atoms with van der Waals surface area (Å²) in [6, 6.07) is 12.4. The topological polar surface area (TPSA) is 86.0 Å². The van der Waals surface area contributed by atoms with Crippen molar-refractivity contribution < 1.29 is 9.90 Å². The van der Waals surface area contributed by atoms with E-state index in [0.717, 1.165) is 43.1 Å². The molecule has 8 heteroatoms. The largest absolute Gasteiger partial charge is 0.508 e. The molecule has 5 rings (SSSR count). The van der Waals surface area contributed by atoms with Crippen LogP contribution in [0.5, 0.6) is 5.75 Å². The number of carbonyl (C=O) groups excluding carboxylic acids is 1. The van der Waals surface area contributed by atoms with Crippen molar-refractivity contribution in [2.45, 2.75) is 6.54 Å². The predicted octanol–water partition coefficient (Wildman–Crippen LogP) is 2.83. The van der Waals surface area contributed by atoms with Crippen molar-refractivity contribution >= 4 is 17.2 Å². The van der Waals surface area contributed by atoms with Gasteiger partial charge in [-0.15, -0.1) is 0 Å². The fourth-order valence-corrected chi connectivity index (χ4v) is 4.03. The van der Waals surface area contributed by atoms with E-state index >= 15 is 0 Å². The van der Waals surface area contributed by atoms with Gasteiger partial charge in [0.05, 0.1) is 12.4 Å². The highest BCUT2D eigenvalue weighted by molar-refractivity contribution is 6.04. The Hall–Kier alpha value is -4.19. The minimum Gasteiger partial charge on any atom is -0.508 e. The molecule has 0 radical (unpaired) electrons. The Morgan fingerprint density at radius 2 is 1.94 bits per heavy atom. The second kappa shape index (κ2) is 9.97. The minimum atomic E-state index is -0.263. The highest BCUT2D eigenvalue weighted by atomic mass is 16.3. The number of hydrogen-bond donors (Lipinski definition) is 2. The number of piperazine rings is 1. The number of nitrogens with one attached hydrogen (secondary N) is 1. The molecule has 2 aromatic heterocycles. The van der Waals surface area contributed by atoms with Gasteiger partial charge in [-0.2, -0.15) is 0 Å². The number of fused-ring (bicyclic) bond motifs is 1. The number of aromatic nitrogens is 3. The third-order valence-electron chi connectivity index (χ3n) is 6.11. The molecular formula is C27H26N6O2. The second-order valence-corrected chi connectivity index (χ2v) is 8.66. The van der Waals surface area contributed by atoms with E-state index in [1.165, 1.54) is 0 Å². The van der Waals surface area contributed by atoms with Crippen LogP contribution < -0.4 is 5.32 Å². The van der Waals surface area contributed by atoms with Crippen molar-refractivity contribution in [2.24, 2.45) is 0 Å². The fraction of sp³-hybridized carbons (Fsp3) is 0.222. The number of phenols is 1. The highest BCUT2D eigenvalue weighted by Gasteiger charge is 2.16. The number of phenolic OH excluding ortho intramolecular Hbond substituents is 1. The van der Waals surface area contributed by atoms with Crippen LogP contribution in [-0.4, -0.2) is 68.4 Å². The number of amides is 1. The summed E-state index contributed by atoms with van der Waals surface area (Å²) in [5, 5.41) is 13.4. The van der Waals surface area contributed by atoms with Gasteiger partial charge in [0, 0.05) is 73.6 Å². The monoisotopic (exact) mass is 466 g/mol. The normalized spacial score (nSPS) is 14.4. The molecule has 2 N–H and O–H groups in total. The summed E-state index contributed by atoms with van der Waals surface area (Å²) in [6.45, 7) is 4.69. The van der Waals surface area contributed by atoms with Gasteiger partial charge in [0.25, 0.3) is 5.91 Å². The number of carbonyl (C=O) groups is 1. The third kappa shape index (κ3) is 5.32. The second-order valence-electron chi connectivity index (χ2n) is 8.66. The summed E-state index contributed by atoms with van der Waals surface area (Å²) < 4.78 is 1.86. The number of aromatic hydroxyl groups is 1. The van der Waals surface area contributed by atoms with Gasteiger partial charge in [0.2, 0.25) is 0 Å². The molecule has 0 bridgehead atoms. The number of benzene rings is 2. The van der Waals surface area contributed by atoms with E-state index in [1.807, 2.05) is 28.8 Å². The van der Waals surface area contributed by atoms with Crippen LogP contribution in [0, 0.1) is 11.8 Å². The van der Waals surface area contributed by atoms with E-state index in [2.05, 4.69) is 44.0 Å². The summed E-state index contributed by atoms with van der Waals surface area (Å²) in [6.07, 6.45) is 6.86. The predicted molar refractivity (Wildman–Crippen MR) is 134 cm³/mol. The van der Waals surface area contributed by atoms with Gasteiger partial charge in [-0.3, -0.25) is 19.1 Å². The van der Waals surface area contributed by atoms with Crippen molar-refractivity contribution in [1.29, 1.82) is 0 Å². The highest BCUT2D eigenvalue weighted by Crippen LogP contribution is 2.24. The van der Waals surface area contributed by atoms with Gasteiger partial charge in [-0.1, -0.05) is 18.1 Å². The Bertz CT molecular complexity index is 1430. The van der Waals surface area contributed by atoms with Gasteiger partial charge in [-0.25, -0.2) is 4.98 Å². The molecule has 176 valence electrons. The molecule has 0 saturated carbocycles. The average molecular weight is 467 g/mol. The molecule has 35 heavy (non-hydrogen) atoms. The van der Waals surface area contributed by atoms with E-state index in [4.69, 9.17) is 0 Å². The van der Waals surface area contributed by atoms with Crippen molar-refractivity contribution in [2.75, 3.05) is 38.5 Å². The molecule has 4 aromatic rings. The molecule has 0 atom stereocenters. The van der Waals surface area contributed by atoms with Crippen LogP contribution in [0.15, 0.2) is 67.3 Å². The standard InChI is InChI=1S/C27H26N6O2/c1-31-11-13-32(14-12-31)19-22-6-7-23(16-25(22)34)30-27(35)21-4-2-3-20(15-21)5-8-24-17-29-26-18-28-9-10-33(24)26/h2-4,6-7,9-10,15-18,34H,11-14,19H2,1H3,(H,30,35). The lowest BCUT2D eigenvalue weighted by atomic mass is 10.1. The SMILES string of the molecule is CN1CCN(Cc2ccc(NC(=O)c3cccc(C#Cc4cnc5cnccn45)c3)cc2O)CC1. The molecule has 8 nitrogen and oxygen atoms in total. The lowest BCUT2D eigenvalue weighted by molar-refractivity contribution is 0.102. The quantitative estimate of drug-likeness (QED) is 0.450. The molecule has 3 heterocycles. The Kier molecular flexibility index (Phi) is 6.44. The maximum atomic E-state index is 12.8. The number of nitrogens with zero attached hydrogens (tertiary/aromatic N) is 5. The molecule has 0 aliphatic carbocycles. The lowest BCUT2D eigenvalue weighted by Crippen LogP contribution is -2.43. The Morgan fingerprint density at radius 1 is 1.09 bits per heavy atom. The summed E-state index contributed by atoms with van der Waals surface area (Å²) in [4.78, 5) is 25.8. The van der Waals surface area contributed by atoms with Gasteiger partial charge >= 0.3 is 0 Å². The Morgan fingerprint density at radius 3 is 2.77 bits per heavy atom. The average Bonchev–Trinajstić information content (AvgIpc) is 3.29. The zero-order valence-electron chi connectivity index (χ0n) is 19.5. The zero-order chi connectivity index (χ0) is 24.2. The Balaban J connectivity index is 1.26. The smallest absolute Gasteiger partial charge is 0.255 e. The minimum absolute atomic E-state index is 0.185.